The van der Waals surface area contributed by atoms with E-state index in [4.69, 9.17) is 10.5 Å². The zero-order valence-electron chi connectivity index (χ0n) is 32.7. The van der Waals surface area contributed by atoms with Crippen LogP contribution in [0.4, 0.5) is 0 Å². The molecule has 0 saturated carbocycles. The van der Waals surface area contributed by atoms with Gasteiger partial charge in [0.25, 0.3) is 0 Å². The average molecular weight is 740 g/mol. The number of esters is 1. The second-order valence-corrected chi connectivity index (χ2v) is 15.2. The van der Waals surface area contributed by atoms with Crippen LogP contribution < -0.4 is 32.3 Å². The summed E-state index contributed by atoms with van der Waals surface area (Å²) in [5.41, 5.74) is 5.43. The van der Waals surface area contributed by atoms with Crippen LogP contribution in [0.25, 0.3) is 0 Å². The van der Waals surface area contributed by atoms with Crippen LogP contribution in [0.5, 0.6) is 0 Å². The molecule has 0 spiro atoms. The molecule has 6 amide bonds. The maximum Gasteiger partial charge on any atom is 0.328 e. The second-order valence-electron chi connectivity index (χ2n) is 15.2. The SMILES string of the molecule is CC[C@H](C)[C@H](NC(=O)[C@@H]1CCCN1C[C@@H](O)[C@H](CC(C)C)NC(=O)[C@H](CC(N)=O)NC(=O)[C@H](CC(C)C)NC(C)=O)C(=O)N[C@H](C(=O)OC)C(C)C. The molecular weight excluding hydrogens is 674 g/mol. The van der Waals surface area contributed by atoms with Crippen LogP contribution in [-0.4, -0.2) is 114 Å². The number of carbonyl (C=O) groups excluding carboxylic acids is 7. The third kappa shape index (κ3) is 15.4. The van der Waals surface area contributed by atoms with Crippen molar-refractivity contribution in [1.29, 1.82) is 0 Å². The first-order chi connectivity index (χ1) is 24.2. The van der Waals surface area contributed by atoms with Crippen LogP contribution in [0.3, 0.4) is 0 Å². The third-order valence-corrected chi connectivity index (χ3v) is 9.26. The van der Waals surface area contributed by atoms with E-state index in [9.17, 15) is 38.7 Å². The molecule has 16 nitrogen and oxygen atoms in total. The Balaban J connectivity index is 3.17. The molecule has 1 fully saturated rings. The molecule has 0 aliphatic carbocycles. The quantitative estimate of drug-likeness (QED) is 0.0740. The first-order valence-corrected chi connectivity index (χ1v) is 18.5. The Labute approximate surface area is 308 Å². The van der Waals surface area contributed by atoms with Crippen molar-refractivity contribution in [3.63, 3.8) is 0 Å². The van der Waals surface area contributed by atoms with Gasteiger partial charge >= 0.3 is 5.97 Å². The third-order valence-electron chi connectivity index (χ3n) is 9.26. The van der Waals surface area contributed by atoms with Gasteiger partial charge in [-0.1, -0.05) is 61.8 Å². The molecule has 0 radical (unpaired) electrons. The summed E-state index contributed by atoms with van der Waals surface area (Å²) in [6.07, 6.45) is 0.683. The molecule has 1 saturated heterocycles. The van der Waals surface area contributed by atoms with Gasteiger partial charge in [0.15, 0.2) is 0 Å². The smallest absolute Gasteiger partial charge is 0.328 e. The molecule has 298 valence electrons. The predicted molar refractivity (Wildman–Crippen MR) is 195 cm³/mol. The predicted octanol–water partition coefficient (Wildman–Crippen LogP) is 0.0983. The molecule has 0 aromatic carbocycles. The van der Waals surface area contributed by atoms with Gasteiger partial charge in [-0.2, -0.15) is 0 Å². The number of hydrogen-bond donors (Lipinski definition) is 7. The van der Waals surface area contributed by atoms with E-state index in [2.05, 4.69) is 26.6 Å². The molecule has 1 heterocycles. The van der Waals surface area contributed by atoms with Gasteiger partial charge in [-0.05, 0) is 55.9 Å². The van der Waals surface area contributed by atoms with Crippen LogP contribution in [0.2, 0.25) is 0 Å². The lowest BCUT2D eigenvalue weighted by atomic mass is 9.96. The van der Waals surface area contributed by atoms with E-state index in [1.54, 1.807) is 13.8 Å². The van der Waals surface area contributed by atoms with E-state index in [-0.39, 0.29) is 30.2 Å². The van der Waals surface area contributed by atoms with Crippen LogP contribution in [0.1, 0.15) is 101 Å². The zero-order chi connectivity index (χ0) is 39.9. The number of ether oxygens (including phenoxy) is 1. The van der Waals surface area contributed by atoms with E-state index in [1.165, 1.54) is 14.0 Å². The minimum absolute atomic E-state index is 0.0134. The number of likely N-dealkylation sites (tertiary alicyclic amines) is 1. The highest BCUT2D eigenvalue weighted by molar-refractivity contribution is 5.94. The fourth-order valence-electron chi connectivity index (χ4n) is 6.26. The Morgan fingerprint density at radius 2 is 1.40 bits per heavy atom. The number of aliphatic hydroxyl groups is 1. The molecule has 0 aromatic rings. The number of methoxy groups -OCH3 is 1. The highest BCUT2D eigenvalue weighted by atomic mass is 16.5. The standard InChI is InChI=1S/C36H65N7O9/c1-11-22(8)31(35(50)41-30(21(6)7)36(51)52-10)42-34(49)27-13-12-14-43(27)18-28(45)24(15-19(2)3)39-33(48)26(17-29(37)46)40-32(47)25(16-20(4)5)38-23(9)44/h19-22,24-28,30-31,45H,11-18H2,1-10H3,(H2,37,46)(H,38,44)(H,39,48)(H,40,47)(H,41,50)(H,42,49)/t22-,24-,25-,26-,27-,28+,30-,31-/m0/s1. The molecule has 0 bridgehead atoms. The van der Waals surface area contributed by atoms with E-state index >= 15 is 0 Å². The number of nitrogens with two attached hydrogens (primary N) is 1. The Morgan fingerprint density at radius 1 is 0.808 bits per heavy atom. The Bertz CT molecular complexity index is 1230. The van der Waals surface area contributed by atoms with Crippen LogP contribution in [0, 0.1) is 23.7 Å². The van der Waals surface area contributed by atoms with Crippen molar-refractivity contribution in [2.45, 2.75) is 143 Å². The normalized spacial score (nSPS) is 18.8. The van der Waals surface area contributed by atoms with E-state index in [0.717, 1.165) is 0 Å². The maximum absolute atomic E-state index is 13.7. The molecule has 1 aliphatic heterocycles. The Hall–Kier alpha value is -3.79. The van der Waals surface area contributed by atoms with Gasteiger partial charge in [0.1, 0.15) is 24.2 Å². The largest absolute Gasteiger partial charge is 0.467 e. The van der Waals surface area contributed by atoms with E-state index < -0.39 is 90.2 Å². The minimum Gasteiger partial charge on any atom is -0.467 e. The van der Waals surface area contributed by atoms with Crippen molar-refractivity contribution < 1.29 is 43.4 Å². The first kappa shape index (κ1) is 46.2. The van der Waals surface area contributed by atoms with Crippen LogP contribution >= 0.6 is 0 Å². The molecule has 8 atom stereocenters. The molecular formula is C36H65N7O9. The summed E-state index contributed by atoms with van der Waals surface area (Å²) < 4.78 is 4.85. The van der Waals surface area contributed by atoms with E-state index in [0.29, 0.717) is 38.6 Å². The van der Waals surface area contributed by atoms with Crippen molar-refractivity contribution in [3.8, 4) is 0 Å². The Morgan fingerprint density at radius 3 is 1.90 bits per heavy atom. The topological polar surface area (TPSA) is 238 Å². The van der Waals surface area contributed by atoms with Gasteiger partial charge in [-0.25, -0.2) is 4.79 Å². The average Bonchev–Trinajstić information content (AvgIpc) is 3.51. The van der Waals surface area contributed by atoms with Crippen LogP contribution in [-0.2, 0) is 38.3 Å². The van der Waals surface area contributed by atoms with Crippen molar-refractivity contribution in [1.82, 2.24) is 31.5 Å². The number of nitrogens with zero attached hydrogens (tertiary/aromatic N) is 1. The molecule has 0 aromatic heterocycles. The van der Waals surface area contributed by atoms with Gasteiger partial charge < -0.3 is 42.2 Å². The fourth-order valence-corrected chi connectivity index (χ4v) is 6.26. The molecule has 8 N–H and O–H groups in total. The van der Waals surface area contributed by atoms with Crippen molar-refractivity contribution in [2.24, 2.45) is 29.4 Å². The number of carbonyl (C=O) groups is 7. The van der Waals surface area contributed by atoms with E-state index in [1.807, 2.05) is 46.4 Å². The van der Waals surface area contributed by atoms with Crippen molar-refractivity contribution >= 4 is 41.4 Å². The van der Waals surface area contributed by atoms with Crippen LogP contribution in [0.15, 0.2) is 0 Å². The number of nitrogens with one attached hydrogen (secondary N) is 5. The Kier molecular flexibility index (Phi) is 19.8. The number of hydrogen-bond acceptors (Lipinski definition) is 10. The van der Waals surface area contributed by atoms with Crippen molar-refractivity contribution in [2.75, 3.05) is 20.2 Å². The van der Waals surface area contributed by atoms with Gasteiger partial charge in [-0.15, -0.1) is 0 Å². The highest BCUT2D eigenvalue weighted by Gasteiger charge is 2.38. The molecule has 1 rings (SSSR count). The number of β-amino-alcohol motifs (C(OH)–C–C–N with tert-alkyl or cyclic N) is 1. The second kappa shape index (κ2) is 22.3. The van der Waals surface area contributed by atoms with Gasteiger partial charge in [0, 0.05) is 13.5 Å². The number of rotatable bonds is 22. The summed E-state index contributed by atoms with van der Waals surface area (Å²) in [4.78, 5) is 91.6. The van der Waals surface area contributed by atoms with Crippen molar-refractivity contribution in [3.05, 3.63) is 0 Å². The molecule has 0 unspecified atom stereocenters. The number of aliphatic hydroxyl groups excluding tert-OH is 1. The summed E-state index contributed by atoms with van der Waals surface area (Å²) in [5.74, 6) is -4.56. The zero-order valence-corrected chi connectivity index (χ0v) is 32.7. The van der Waals surface area contributed by atoms with Gasteiger partial charge in [0.05, 0.1) is 31.7 Å². The fraction of sp³-hybridized carbons (Fsp3) is 0.806. The lowest BCUT2D eigenvalue weighted by Crippen LogP contribution is -2.59. The lowest BCUT2D eigenvalue weighted by molar-refractivity contribution is -0.147. The van der Waals surface area contributed by atoms with Gasteiger partial charge in [0.2, 0.25) is 35.4 Å². The minimum atomic E-state index is -1.36. The summed E-state index contributed by atoms with van der Waals surface area (Å²) in [6.45, 7) is 16.6. The van der Waals surface area contributed by atoms with Gasteiger partial charge in [-0.3, -0.25) is 33.7 Å². The monoisotopic (exact) mass is 739 g/mol. The molecule has 1 aliphatic rings. The summed E-state index contributed by atoms with van der Waals surface area (Å²) in [7, 11) is 1.24. The lowest BCUT2D eigenvalue weighted by Gasteiger charge is -2.33. The summed E-state index contributed by atoms with van der Waals surface area (Å²) >= 11 is 0. The number of primary amides is 1. The highest BCUT2D eigenvalue weighted by Crippen LogP contribution is 2.21. The summed E-state index contributed by atoms with van der Waals surface area (Å²) in [5, 5.41) is 25.0. The number of amides is 6. The molecule has 52 heavy (non-hydrogen) atoms. The molecule has 16 heteroatoms. The maximum atomic E-state index is 13.7. The first-order valence-electron chi connectivity index (χ1n) is 18.5. The summed E-state index contributed by atoms with van der Waals surface area (Å²) in [6, 6.07) is -5.60.